The van der Waals surface area contributed by atoms with Gasteiger partial charge in [-0.25, -0.2) is 9.37 Å². The fourth-order valence-electron chi connectivity index (χ4n) is 6.30. The highest BCUT2D eigenvalue weighted by atomic mass is 19.1. The van der Waals surface area contributed by atoms with Crippen molar-refractivity contribution in [1.29, 1.82) is 0 Å². The van der Waals surface area contributed by atoms with E-state index >= 15 is 0 Å². The normalized spacial score (nSPS) is 17.4. The molecule has 5 N–H and O–H groups in total. The molecule has 0 saturated heterocycles. The van der Waals surface area contributed by atoms with E-state index in [2.05, 4.69) is 33.1 Å². The van der Waals surface area contributed by atoms with E-state index in [1.165, 1.54) is 12.1 Å². The maximum Gasteiger partial charge on any atom is 0.250 e. The van der Waals surface area contributed by atoms with Gasteiger partial charge in [0, 0.05) is 46.2 Å². The lowest BCUT2D eigenvalue weighted by Gasteiger charge is -2.28. The molecule has 7 rings (SSSR count). The number of hydrogen-bond donors (Lipinski definition) is 4. The van der Waals surface area contributed by atoms with E-state index in [1.54, 1.807) is 12.1 Å². The number of amides is 1. The summed E-state index contributed by atoms with van der Waals surface area (Å²) >= 11 is 0. The number of H-pyrrole nitrogens is 1. The molecule has 41 heavy (non-hydrogen) atoms. The van der Waals surface area contributed by atoms with Crippen LogP contribution in [-0.2, 0) is 0 Å². The van der Waals surface area contributed by atoms with Gasteiger partial charge in [0.05, 0.1) is 33.7 Å². The van der Waals surface area contributed by atoms with Gasteiger partial charge >= 0.3 is 0 Å². The van der Waals surface area contributed by atoms with Crippen molar-refractivity contribution in [3.8, 4) is 17.1 Å². The molecular formula is C33H30FN5O2. The average molecular weight is 548 g/mol. The zero-order valence-corrected chi connectivity index (χ0v) is 22.4. The van der Waals surface area contributed by atoms with Crippen LogP contribution in [0.5, 0.6) is 0 Å². The van der Waals surface area contributed by atoms with Crippen molar-refractivity contribution in [1.82, 2.24) is 14.5 Å². The Morgan fingerprint density at radius 1 is 1.02 bits per heavy atom. The van der Waals surface area contributed by atoms with Gasteiger partial charge < -0.3 is 25.7 Å². The highest BCUT2D eigenvalue weighted by Crippen LogP contribution is 2.39. The summed E-state index contributed by atoms with van der Waals surface area (Å²) < 4.78 is 16.1. The highest BCUT2D eigenvalue weighted by Gasteiger charge is 2.24. The topological polar surface area (TPSA) is 109 Å². The number of aromatic nitrogens is 3. The van der Waals surface area contributed by atoms with Crippen molar-refractivity contribution in [3.63, 3.8) is 0 Å². The molecule has 0 unspecified atom stereocenters. The molecule has 2 heterocycles. The van der Waals surface area contributed by atoms with Gasteiger partial charge in [0.1, 0.15) is 11.6 Å². The fourth-order valence-corrected chi connectivity index (χ4v) is 6.30. The van der Waals surface area contributed by atoms with Crippen LogP contribution in [0, 0.1) is 11.7 Å². The molecule has 1 aliphatic rings. The number of nitrogens with zero attached hydrogens (tertiary/aromatic N) is 2. The third-order valence-electron chi connectivity index (χ3n) is 8.35. The third kappa shape index (κ3) is 4.40. The Hall–Kier alpha value is -4.69. The van der Waals surface area contributed by atoms with E-state index in [4.69, 9.17) is 10.7 Å². The number of halogens is 1. The summed E-state index contributed by atoms with van der Waals surface area (Å²) in [4.78, 5) is 20.4. The number of fused-ring (bicyclic) bond motifs is 4. The van der Waals surface area contributed by atoms with Gasteiger partial charge in [-0.2, -0.15) is 0 Å². The maximum absolute atomic E-state index is 13.9. The van der Waals surface area contributed by atoms with Crippen LogP contribution in [-0.4, -0.2) is 38.2 Å². The molecule has 2 aromatic heterocycles. The first kappa shape index (κ1) is 25.3. The zero-order valence-electron chi connectivity index (χ0n) is 22.4. The van der Waals surface area contributed by atoms with Crippen LogP contribution >= 0.6 is 0 Å². The molecule has 6 aromatic rings. The number of carbonyl (C=O) groups is 1. The van der Waals surface area contributed by atoms with Crippen LogP contribution in [0.1, 0.15) is 36.0 Å². The number of nitrogens with two attached hydrogens (primary N) is 1. The molecule has 1 aliphatic carbocycles. The minimum Gasteiger partial charge on any atom is -0.393 e. The number of anilines is 1. The number of hydrogen-bond acceptors (Lipinski definition) is 4. The lowest BCUT2D eigenvalue weighted by Crippen LogP contribution is -2.30. The van der Waals surface area contributed by atoms with Gasteiger partial charge in [0.2, 0.25) is 0 Å². The minimum atomic E-state index is -0.505. The summed E-state index contributed by atoms with van der Waals surface area (Å²) in [5, 5.41) is 16.0. The van der Waals surface area contributed by atoms with Gasteiger partial charge in [0.15, 0.2) is 0 Å². The molecule has 8 heteroatoms. The van der Waals surface area contributed by atoms with E-state index in [0.29, 0.717) is 29.1 Å². The highest BCUT2D eigenvalue weighted by molar-refractivity contribution is 6.15. The maximum atomic E-state index is 13.9. The van der Waals surface area contributed by atoms with Crippen LogP contribution in [0.2, 0.25) is 0 Å². The third-order valence-corrected chi connectivity index (χ3v) is 8.35. The second-order valence-electron chi connectivity index (χ2n) is 10.9. The van der Waals surface area contributed by atoms with Crippen molar-refractivity contribution in [2.24, 2.45) is 11.7 Å². The monoisotopic (exact) mass is 547 g/mol. The number of benzene rings is 4. The first-order valence-corrected chi connectivity index (χ1v) is 14.0. The molecule has 206 valence electrons. The van der Waals surface area contributed by atoms with Crippen molar-refractivity contribution >= 4 is 44.4 Å². The molecule has 0 bridgehead atoms. The van der Waals surface area contributed by atoms with Crippen LogP contribution in [0.25, 0.3) is 49.9 Å². The molecule has 4 aromatic carbocycles. The standard InChI is InChI=1S/C33H30FN5O2/c34-20-12-15-25-27(16-20)38-33(37-25)24-8-5-10-29-31(24)23-7-2-3-9-28(23)39(29)21-13-14-22(32(35)41)26(17-21)36-18-19-6-1-4-11-30(19)40/h2-3,5,7-10,12-17,19,30,36,40H,1,4,6,11,18H2,(H2,35,41)(H,37,38)/t19-,30-/m0/s1. The zero-order chi connectivity index (χ0) is 28.1. The second kappa shape index (κ2) is 10.1. The van der Waals surface area contributed by atoms with Gasteiger partial charge in [-0.15, -0.1) is 0 Å². The first-order valence-electron chi connectivity index (χ1n) is 14.0. The Bertz CT molecular complexity index is 1940. The Balaban J connectivity index is 1.38. The van der Waals surface area contributed by atoms with Crippen molar-refractivity contribution < 1.29 is 14.3 Å². The summed E-state index contributed by atoms with van der Waals surface area (Å²) in [6.45, 7) is 0.564. The Labute approximate surface area is 235 Å². The predicted molar refractivity (Wildman–Crippen MR) is 161 cm³/mol. The van der Waals surface area contributed by atoms with E-state index in [-0.39, 0.29) is 17.8 Å². The lowest BCUT2D eigenvalue weighted by molar-refractivity contribution is 0.0763. The number of aliphatic hydroxyl groups excluding tert-OH is 1. The minimum absolute atomic E-state index is 0.126. The summed E-state index contributed by atoms with van der Waals surface area (Å²) in [5.41, 5.74) is 11.9. The largest absolute Gasteiger partial charge is 0.393 e. The smallest absolute Gasteiger partial charge is 0.250 e. The fraction of sp³-hybridized carbons (Fsp3) is 0.212. The van der Waals surface area contributed by atoms with Gasteiger partial charge in [-0.05, 0) is 55.3 Å². The van der Waals surface area contributed by atoms with Crippen molar-refractivity contribution in [2.75, 3.05) is 11.9 Å². The summed E-state index contributed by atoms with van der Waals surface area (Å²) in [5.74, 6) is -0.0426. The SMILES string of the molecule is NC(=O)c1ccc(-n2c3ccccc3c3c(-c4nc5cc(F)ccc5[nH]4)cccc32)cc1NC[C@@H]1CCCC[C@@H]1O. The number of rotatable bonds is 6. The average Bonchev–Trinajstić information content (AvgIpc) is 3.55. The molecular weight excluding hydrogens is 517 g/mol. The molecule has 0 radical (unpaired) electrons. The van der Waals surface area contributed by atoms with Crippen LogP contribution < -0.4 is 11.1 Å². The van der Waals surface area contributed by atoms with E-state index in [1.807, 2.05) is 36.4 Å². The van der Waals surface area contributed by atoms with Crippen LogP contribution in [0.4, 0.5) is 10.1 Å². The Morgan fingerprint density at radius 2 is 1.85 bits per heavy atom. The van der Waals surface area contributed by atoms with Gasteiger partial charge in [-0.1, -0.05) is 43.2 Å². The quantitative estimate of drug-likeness (QED) is 0.190. The number of primary amides is 1. The number of nitrogens with one attached hydrogen (secondary N) is 2. The Kier molecular flexibility index (Phi) is 6.20. The number of carbonyl (C=O) groups excluding carboxylic acids is 1. The number of imidazole rings is 1. The number of aliphatic hydroxyl groups is 1. The molecule has 1 amide bonds. The van der Waals surface area contributed by atoms with Crippen molar-refractivity contribution in [2.45, 2.75) is 31.8 Å². The summed E-state index contributed by atoms with van der Waals surface area (Å²) in [6, 6.07) is 24.4. The first-order chi connectivity index (χ1) is 20.0. The number of para-hydroxylation sites is 1. The molecule has 1 fully saturated rings. The summed E-state index contributed by atoms with van der Waals surface area (Å²) in [7, 11) is 0. The second-order valence-corrected chi connectivity index (χ2v) is 10.9. The van der Waals surface area contributed by atoms with Crippen LogP contribution in [0.15, 0.2) is 78.9 Å². The van der Waals surface area contributed by atoms with Gasteiger partial charge in [0.25, 0.3) is 5.91 Å². The van der Waals surface area contributed by atoms with Gasteiger partial charge in [-0.3, -0.25) is 4.79 Å². The van der Waals surface area contributed by atoms with Crippen LogP contribution in [0.3, 0.4) is 0 Å². The Morgan fingerprint density at radius 3 is 2.71 bits per heavy atom. The predicted octanol–water partition coefficient (Wildman–Crippen LogP) is 6.53. The lowest BCUT2D eigenvalue weighted by atomic mass is 9.86. The molecule has 0 spiro atoms. The van der Waals surface area contributed by atoms with Crippen molar-refractivity contribution in [3.05, 3.63) is 90.2 Å². The van der Waals surface area contributed by atoms with E-state index in [9.17, 15) is 14.3 Å². The van der Waals surface area contributed by atoms with E-state index in [0.717, 1.165) is 64.3 Å². The molecule has 0 aliphatic heterocycles. The van der Waals surface area contributed by atoms with E-state index < -0.39 is 5.91 Å². The number of aromatic amines is 1. The summed E-state index contributed by atoms with van der Waals surface area (Å²) in [6.07, 6.45) is 3.54. The molecule has 2 atom stereocenters. The molecule has 1 saturated carbocycles. The molecule has 7 nitrogen and oxygen atoms in total.